The standard InChI is InChI=1S/C14H17NS/c15-9-1-3-12-5-7-13(8-6-12)11-14-4-2-10-16-14/h2,4-8,10H,1,3,9,11,15H2. The Morgan fingerprint density at radius 1 is 1.00 bits per heavy atom. The van der Waals surface area contributed by atoms with Gasteiger partial charge in [0.2, 0.25) is 0 Å². The molecule has 2 rings (SSSR count). The Kier molecular flexibility index (Phi) is 4.14. The highest BCUT2D eigenvalue weighted by Gasteiger charge is 1.97. The van der Waals surface area contributed by atoms with Gasteiger partial charge in [0.15, 0.2) is 0 Å². The van der Waals surface area contributed by atoms with Crippen molar-refractivity contribution in [2.24, 2.45) is 5.73 Å². The van der Waals surface area contributed by atoms with Crippen molar-refractivity contribution in [3.63, 3.8) is 0 Å². The number of rotatable bonds is 5. The van der Waals surface area contributed by atoms with Gasteiger partial charge in [0.05, 0.1) is 0 Å². The average Bonchev–Trinajstić information content (AvgIpc) is 2.81. The predicted molar refractivity (Wildman–Crippen MR) is 70.9 cm³/mol. The van der Waals surface area contributed by atoms with Gasteiger partial charge in [0.25, 0.3) is 0 Å². The van der Waals surface area contributed by atoms with Gasteiger partial charge in [0.1, 0.15) is 0 Å². The Labute approximate surface area is 101 Å². The third-order valence-electron chi connectivity index (χ3n) is 2.65. The lowest BCUT2D eigenvalue weighted by atomic mass is 10.1. The lowest BCUT2D eigenvalue weighted by Crippen LogP contribution is -2.00. The van der Waals surface area contributed by atoms with Gasteiger partial charge in [-0.3, -0.25) is 0 Å². The van der Waals surface area contributed by atoms with E-state index in [2.05, 4.69) is 41.8 Å². The summed E-state index contributed by atoms with van der Waals surface area (Å²) in [5.41, 5.74) is 8.28. The second-order valence-corrected chi connectivity index (χ2v) is 5.00. The van der Waals surface area contributed by atoms with E-state index < -0.39 is 0 Å². The normalized spacial score (nSPS) is 10.6. The number of thiophene rings is 1. The molecule has 84 valence electrons. The van der Waals surface area contributed by atoms with Crippen LogP contribution >= 0.6 is 11.3 Å². The molecule has 1 heterocycles. The summed E-state index contributed by atoms with van der Waals surface area (Å²) in [5, 5.41) is 2.13. The molecule has 0 spiro atoms. The van der Waals surface area contributed by atoms with Gasteiger partial charge >= 0.3 is 0 Å². The van der Waals surface area contributed by atoms with E-state index >= 15 is 0 Å². The molecule has 1 aromatic heterocycles. The summed E-state index contributed by atoms with van der Waals surface area (Å²) in [6.07, 6.45) is 3.22. The van der Waals surface area contributed by atoms with E-state index in [0.29, 0.717) is 0 Å². The number of hydrogen-bond acceptors (Lipinski definition) is 2. The Balaban J connectivity index is 1.96. The maximum Gasteiger partial charge on any atom is 0.00890 e. The Morgan fingerprint density at radius 3 is 2.38 bits per heavy atom. The van der Waals surface area contributed by atoms with Gasteiger partial charge < -0.3 is 5.73 Å². The van der Waals surface area contributed by atoms with Crippen LogP contribution in [0.4, 0.5) is 0 Å². The van der Waals surface area contributed by atoms with Crippen molar-refractivity contribution in [1.29, 1.82) is 0 Å². The van der Waals surface area contributed by atoms with Crippen LogP contribution in [-0.2, 0) is 12.8 Å². The molecule has 0 saturated heterocycles. The molecule has 0 aliphatic heterocycles. The minimum Gasteiger partial charge on any atom is -0.330 e. The first-order valence-electron chi connectivity index (χ1n) is 5.69. The van der Waals surface area contributed by atoms with E-state index in [0.717, 1.165) is 25.8 Å². The van der Waals surface area contributed by atoms with Crippen LogP contribution in [0.1, 0.15) is 22.4 Å². The molecule has 2 heteroatoms. The third-order valence-corrected chi connectivity index (χ3v) is 3.53. The van der Waals surface area contributed by atoms with Crippen LogP contribution in [0.15, 0.2) is 41.8 Å². The summed E-state index contributed by atoms with van der Waals surface area (Å²) < 4.78 is 0. The molecule has 2 N–H and O–H groups in total. The summed E-state index contributed by atoms with van der Waals surface area (Å²) >= 11 is 1.82. The molecule has 1 aromatic carbocycles. The maximum absolute atomic E-state index is 5.50. The first-order valence-corrected chi connectivity index (χ1v) is 6.57. The predicted octanol–water partition coefficient (Wildman–Crippen LogP) is 3.23. The van der Waals surface area contributed by atoms with E-state index in [1.165, 1.54) is 16.0 Å². The largest absolute Gasteiger partial charge is 0.330 e. The fraction of sp³-hybridized carbons (Fsp3) is 0.286. The smallest absolute Gasteiger partial charge is 0.00890 e. The second-order valence-electron chi connectivity index (χ2n) is 3.96. The SMILES string of the molecule is NCCCc1ccc(Cc2cccs2)cc1. The average molecular weight is 231 g/mol. The first-order chi connectivity index (χ1) is 7.88. The second kappa shape index (κ2) is 5.83. The van der Waals surface area contributed by atoms with Crippen molar-refractivity contribution in [1.82, 2.24) is 0 Å². The molecule has 0 atom stereocenters. The monoisotopic (exact) mass is 231 g/mol. The molecule has 0 fully saturated rings. The van der Waals surface area contributed by atoms with E-state index in [4.69, 9.17) is 5.73 Å². The minimum absolute atomic E-state index is 0.775. The van der Waals surface area contributed by atoms with Crippen molar-refractivity contribution < 1.29 is 0 Å². The van der Waals surface area contributed by atoms with Crippen LogP contribution in [0.25, 0.3) is 0 Å². The van der Waals surface area contributed by atoms with E-state index in [9.17, 15) is 0 Å². The van der Waals surface area contributed by atoms with Crippen LogP contribution in [0, 0.1) is 0 Å². The van der Waals surface area contributed by atoms with Gasteiger partial charge in [-0.05, 0) is 42.0 Å². The van der Waals surface area contributed by atoms with E-state index in [1.54, 1.807) is 0 Å². The lowest BCUT2D eigenvalue weighted by molar-refractivity contribution is 0.832. The summed E-state index contributed by atoms with van der Waals surface area (Å²) in [4.78, 5) is 1.43. The molecule has 0 aliphatic rings. The molecular formula is C14H17NS. The van der Waals surface area contributed by atoms with E-state index in [1.807, 2.05) is 11.3 Å². The van der Waals surface area contributed by atoms with Gasteiger partial charge in [-0.2, -0.15) is 0 Å². The van der Waals surface area contributed by atoms with Crippen molar-refractivity contribution in [3.05, 3.63) is 57.8 Å². The maximum atomic E-state index is 5.50. The Bertz CT molecular complexity index is 403. The van der Waals surface area contributed by atoms with Gasteiger partial charge in [-0.1, -0.05) is 30.3 Å². The molecule has 16 heavy (non-hydrogen) atoms. The van der Waals surface area contributed by atoms with Gasteiger partial charge in [-0.15, -0.1) is 11.3 Å². The molecule has 1 nitrogen and oxygen atoms in total. The zero-order valence-corrected chi connectivity index (χ0v) is 10.2. The topological polar surface area (TPSA) is 26.0 Å². The first kappa shape index (κ1) is 11.4. The van der Waals surface area contributed by atoms with Crippen LogP contribution in [0.3, 0.4) is 0 Å². The number of benzene rings is 1. The highest BCUT2D eigenvalue weighted by atomic mass is 32.1. The summed E-state index contributed by atoms with van der Waals surface area (Å²) in [6.45, 7) is 0.775. The zero-order valence-electron chi connectivity index (χ0n) is 9.36. The fourth-order valence-corrected chi connectivity index (χ4v) is 2.48. The number of aryl methyl sites for hydroxylation is 1. The third kappa shape index (κ3) is 3.19. The Morgan fingerprint density at radius 2 is 1.75 bits per heavy atom. The molecule has 2 aromatic rings. The van der Waals surface area contributed by atoms with Crippen molar-refractivity contribution in [3.8, 4) is 0 Å². The molecule has 0 amide bonds. The van der Waals surface area contributed by atoms with Crippen molar-refractivity contribution in [2.75, 3.05) is 6.54 Å². The molecule has 0 bridgehead atoms. The van der Waals surface area contributed by atoms with Crippen molar-refractivity contribution in [2.45, 2.75) is 19.3 Å². The molecule has 0 unspecified atom stereocenters. The van der Waals surface area contributed by atoms with Crippen LogP contribution in [-0.4, -0.2) is 6.54 Å². The van der Waals surface area contributed by atoms with Gasteiger partial charge in [-0.25, -0.2) is 0 Å². The summed E-state index contributed by atoms with van der Waals surface area (Å²) in [7, 11) is 0. The van der Waals surface area contributed by atoms with E-state index in [-0.39, 0.29) is 0 Å². The molecular weight excluding hydrogens is 214 g/mol. The summed E-state index contributed by atoms with van der Waals surface area (Å²) in [5.74, 6) is 0. The lowest BCUT2D eigenvalue weighted by Gasteiger charge is -2.02. The van der Waals surface area contributed by atoms with Crippen molar-refractivity contribution >= 4 is 11.3 Å². The zero-order chi connectivity index (χ0) is 11.2. The quantitative estimate of drug-likeness (QED) is 0.840. The highest BCUT2D eigenvalue weighted by Crippen LogP contribution is 2.15. The Hall–Kier alpha value is -1.12. The molecule has 0 saturated carbocycles. The highest BCUT2D eigenvalue weighted by molar-refractivity contribution is 7.09. The minimum atomic E-state index is 0.775. The fourth-order valence-electron chi connectivity index (χ4n) is 1.74. The molecule has 0 aliphatic carbocycles. The van der Waals surface area contributed by atoms with Crippen LogP contribution in [0.2, 0.25) is 0 Å². The van der Waals surface area contributed by atoms with Crippen LogP contribution < -0.4 is 5.73 Å². The van der Waals surface area contributed by atoms with Gasteiger partial charge in [0, 0.05) is 11.3 Å². The molecule has 0 radical (unpaired) electrons. The van der Waals surface area contributed by atoms with Crippen LogP contribution in [0.5, 0.6) is 0 Å². The number of nitrogens with two attached hydrogens (primary N) is 1. The number of hydrogen-bond donors (Lipinski definition) is 1. The summed E-state index contributed by atoms with van der Waals surface area (Å²) in [6, 6.07) is 13.2.